The first-order valence-electron chi connectivity index (χ1n) is 9.63. The van der Waals surface area contributed by atoms with Gasteiger partial charge >= 0.3 is 0 Å². The quantitative estimate of drug-likeness (QED) is 0.302. The molecule has 30 heavy (non-hydrogen) atoms. The summed E-state index contributed by atoms with van der Waals surface area (Å²) in [6.07, 6.45) is 0.712. The van der Waals surface area contributed by atoms with Crippen LogP contribution in [0, 0.1) is 17.5 Å². The van der Waals surface area contributed by atoms with Crippen LogP contribution in [0.5, 0.6) is 0 Å². The fraction of sp³-hybridized carbons (Fsp3) is 0.381. The van der Waals surface area contributed by atoms with E-state index < -0.39 is 17.5 Å². The summed E-state index contributed by atoms with van der Waals surface area (Å²) in [5.41, 5.74) is 1.00. The van der Waals surface area contributed by atoms with Gasteiger partial charge in [-0.25, -0.2) is 18.2 Å². The van der Waals surface area contributed by atoms with E-state index in [0.29, 0.717) is 38.6 Å². The zero-order chi connectivity index (χ0) is 20.8. The maximum absolute atomic E-state index is 14.0. The average molecular weight is 534 g/mol. The van der Waals surface area contributed by atoms with Crippen LogP contribution in [0.2, 0.25) is 0 Å². The van der Waals surface area contributed by atoms with Gasteiger partial charge < -0.3 is 20.6 Å². The molecule has 1 saturated heterocycles. The summed E-state index contributed by atoms with van der Waals surface area (Å²) in [4.78, 5) is 6.20. The minimum atomic E-state index is -0.567. The molecule has 0 radical (unpaired) electrons. The van der Waals surface area contributed by atoms with Gasteiger partial charge in [0.05, 0.1) is 13.2 Å². The Labute approximate surface area is 191 Å². The number of guanidine groups is 1. The van der Waals surface area contributed by atoms with Gasteiger partial charge in [0.15, 0.2) is 5.96 Å². The second-order valence-corrected chi connectivity index (χ2v) is 6.93. The first-order valence-corrected chi connectivity index (χ1v) is 9.63. The summed E-state index contributed by atoms with van der Waals surface area (Å²) in [5, 5.41) is 15.6. The van der Waals surface area contributed by atoms with Crippen LogP contribution in [0.15, 0.2) is 41.4 Å². The topological polar surface area (TPSA) is 59.9 Å². The van der Waals surface area contributed by atoms with Gasteiger partial charge in [-0.15, -0.1) is 24.0 Å². The molecule has 3 N–H and O–H groups in total. The third-order valence-corrected chi connectivity index (χ3v) is 4.83. The number of hydrogen-bond donors (Lipinski definition) is 3. The Hall–Kier alpha value is -2.01. The predicted octanol–water partition coefficient (Wildman–Crippen LogP) is 3.55. The second kappa shape index (κ2) is 11.4. The largest absolute Gasteiger partial charge is 0.392 e. The number of anilines is 1. The molecule has 2 aromatic carbocycles. The molecule has 1 unspecified atom stereocenters. The average Bonchev–Trinajstić information content (AvgIpc) is 3.15. The molecule has 1 aliphatic rings. The van der Waals surface area contributed by atoms with Crippen molar-refractivity contribution in [1.82, 2.24) is 10.6 Å². The first-order chi connectivity index (χ1) is 14.0. The fourth-order valence-electron chi connectivity index (χ4n) is 3.40. The maximum Gasteiger partial charge on any atom is 0.191 e. The van der Waals surface area contributed by atoms with Crippen LogP contribution in [-0.4, -0.2) is 36.7 Å². The maximum atomic E-state index is 14.0. The van der Waals surface area contributed by atoms with E-state index in [1.807, 2.05) is 6.92 Å². The number of benzene rings is 2. The van der Waals surface area contributed by atoms with Crippen molar-refractivity contribution in [2.75, 3.05) is 24.5 Å². The number of nitrogens with one attached hydrogen (secondary N) is 2. The number of aliphatic imine (C=N–C) groups is 1. The van der Waals surface area contributed by atoms with Crippen molar-refractivity contribution >= 4 is 35.6 Å². The lowest BCUT2D eigenvalue weighted by molar-refractivity contribution is 0.275. The van der Waals surface area contributed by atoms with Crippen LogP contribution in [0.3, 0.4) is 0 Å². The van der Waals surface area contributed by atoms with Gasteiger partial charge in [-0.3, -0.25) is 0 Å². The molecule has 2 aromatic rings. The number of aliphatic hydroxyl groups is 1. The second-order valence-electron chi connectivity index (χ2n) is 6.93. The van der Waals surface area contributed by atoms with E-state index in [0.717, 1.165) is 5.56 Å². The number of nitrogens with zero attached hydrogens (tertiary/aromatic N) is 2. The van der Waals surface area contributed by atoms with Crippen LogP contribution in [0.25, 0.3) is 0 Å². The Balaban J connectivity index is 0.00000320. The Morgan fingerprint density at radius 3 is 2.57 bits per heavy atom. The van der Waals surface area contributed by atoms with Crippen LogP contribution in [-0.2, 0) is 13.2 Å². The molecule has 0 aliphatic carbocycles. The third-order valence-electron chi connectivity index (χ3n) is 4.83. The van der Waals surface area contributed by atoms with Crippen LogP contribution in [0.1, 0.15) is 24.5 Å². The Morgan fingerprint density at radius 1 is 1.17 bits per heavy atom. The van der Waals surface area contributed by atoms with Crippen molar-refractivity contribution in [2.24, 2.45) is 4.99 Å². The van der Waals surface area contributed by atoms with Crippen molar-refractivity contribution in [1.29, 1.82) is 0 Å². The lowest BCUT2D eigenvalue weighted by atomic mass is 10.1. The van der Waals surface area contributed by atoms with E-state index in [1.54, 1.807) is 17.0 Å². The van der Waals surface area contributed by atoms with Gasteiger partial charge in [0, 0.05) is 31.2 Å². The lowest BCUT2D eigenvalue weighted by Crippen LogP contribution is -2.44. The van der Waals surface area contributed by atoms with Crippen LogP contribution in [0.4, 0.5) is 18.9 Å². The summed E-state index contributed by atoms with van der Waals surface area (Å²) >= 11 is 0. The van der Waals surface area contributed by atoms with Gasteiger partial charge in [-0.2, -0.15) is 0 Å². The number of rotatable bonds is 6. The lowest BCUT2D eigenvalue weighted by Gasteiger charge is -2.21. The number of para-hydroxylation sites is 1. The minimum absolute atomic E-state index is 0. The van der Waals surface area contributed by atoms with E-state index in [1.165, 1.54) is 24.3 Å². The van der Waals surface area contributed by atoms with E-state index in [2.05, 4.69) is 15.6 Å². The van der Waals surface area contributed by atoms with E-state index >= 15 is 0 Å². The minimum Gasteiger partial charge on any atom is -0.392 e. The Morgan fingerprint density at radius 2 is 1.90 bits per heavy atom. The molecule has 5 nitrogen and oxygen atoms in total. The number of halogens is 4. The zero-order valence-electron chi connectivity index (χ0n) is 16.7. The zero-order valence-corrected chi connectivity index (χ0v) is 19.0. The predicted molar refractivity (Wildman–Crippen MR) is 123 cm³/mol. The van der Waals surface area contributed by atoms with Crippen molar-refractivity contribution in [3.8, 4) is 0 Å². The van der Waals surface area contributed by atoms with Gasteiger partial charge in [-0.1, -0.05) is 12.1 Å². The Bertz CT molecular complexity index is 861. The molecule has 0 bridgehead atoms. The third kappa shape index (κ3) is 6.00. The van der Waals surface area contributed by atoms with Crippen molar-refractivity contribution in [3.05, 3.63) is 65.0 Å². The molecule has 0 aromatic heterocycles. The van der Waals surface area contributed by atoms with E-state index in [4.69, 9.17) is 0 Å². The molecular weight excluding hydrogens is 508 g/mol. The molecule has 1 heterocycles. The summed E-state index contributed by atoms with van der Waals surface area (Å²) in [7, 11) is 0. The number of hydrogen-bond acceptors (Lipinski definition) is 3. The molecule has 0 saturated carbocycles. The van der Waals surface area contributed by atoms with E-state index in [-0.39, 0.29) is 47.9 Å². The van der Waals surface area contributed by atoms with Gasteiger partial charge in [0.1, 0.15) is 23.1 Å². The SMILES string of the molecule is CCNC(=NCc1ccc(F)c(CO)c1)NC1CCN(c2c(F)cccc2F)C1.I. The smallest absolute Gasteiger partial charge is 0.191 e. The van der Waals surface area contributed by atoms with Crippen molar-refractivity contribution in [3.63, 3.8) is 0 Å². The Kier molecular flexibility index (Phi) is 9.22. The first kappa shape index (κ1) is 24.3. The highest BCUT2D eigenvalue weighted by Gasteiger charge is 2.27. The molecule has 9 heteroatoms. The van der Waals surface area contributed by atoms with Gasteiger partial charge in [0.25, 0.3) is 0 Å². The van der Waals surface area contributed by atoms with Crippen LogP contribution < -0.4 is 15.5 Å². The van der Waals surface area contributed by atoms with Gasteiger partial charge in [0.2, 0.25) is 0 Å². The van der Waals surface area contributed by atoms with Crippen molar-refractivity contribution in [2.45, 2.75) is 32.5 Å². The standard InChI is InChI=1S/C21H25F3N4O.HI/c1-2-25-21(26-11-14-6-7-17(22)15(10-14)13-29)27-16-8-9-28(12-16)20-18(23)4-3-5-19(20)24;/h3-7,10,16,29H,2,8-9,11-13H2,1H3,(H2,25,26,27);1H. The fourth-order valence-corrected chi connectivity index (χ4v) is 3.40. The monoisotopic (exact) mass is 534 g/mol. The molecule has 3 rings (SSSR count). The molecule has 0 spiro atoms. The molecule has 1 fully saturated rings. The highest BCUT2D eigenvalue weighted by atomic mass is 127. The highest BCUT2D eigenvalue weighted by Crippen LogP contribution is 2.26. The summed E-state index contributed by atoms with van der Waals surface area (Å²) in [6, 6.07) is 8.37. The summed E-state index contributed by atoms with van der Waals surface area (Å²) < 4.78 is 41.6. The molecule has 164 valence electrons. The van der Waals surface area contributed by atoms with E-state index in [9.17, 15) is 18.3 Å². The number of aliphatic hydroxyl groups excluding tert-OH is 1. The summed E-state index contributed by atoms with van der Waals surface area (Å²) in [6.45, 7) is 3.51. The molecular formula is C21H26F3IN4O. The van der Waals surface area contributed by atoms with Crippen LogP contribution >= 0.6 is 24.0 Å². The van der Waals surface area contributed by atoms with Gasteiger partial charge in [-0.05, 0) is 43.2 Å². The molecule has 0 amide bonds. The van der Waals surface area contributed by atoms with Crippen molar-refractivity contribution < 1.29 is 18.3 Å². The molecule has 1 aliphatic heterocycles. The normalized spacial score (nSPS) is 16.4. The summed E-state index contributed by atoms with van der Waals surface area (Å²) in [5.74, 6) is -1.01. The molecule has 1 atom stereocenters. The highest BCUT2D eigenvalue weighted by molar-refractivity contribution is 14.0.